The Morgan fingerprint density at radius 3 is 1.53 bits per heavy atom. The Labute approximate surface area is 110 Å². The van der Waals surface area contributed by atoms with Crippen molar-refractivity contribution < 1.29 is 5.11 Å². The van der Waals surface area contributed by atoms with Gasteiger partial charge in [0.25, 0.3) is 0 Å². The molecule has 0 bridgehead atoms. The lowest BCUT2D eigenvalue weighted by molar-refractivity contribution is 0.219. The van der Waals surface area contributed by atoms with E-state index in [1.165, 1.54) is 19.3 Å². The Bertz CT molecular complexity index is 177. The number of rotatable bonds is 8. The molecule has 17 heavy (non-hydrogen) atoms. The summed E-state index contributed by atoms with van der Waals surface area (Å²) in [5.74, 6) is 0. The zero-order valence-electron chi connectivity index (χ0n) is 13.1. The molecule has 0 heterocycles. The van der Waals surface area contributed by atoms with Crippen LogP contribution in [0.4, 0.5) is 0 Å². The van der Waals surface area contributed by atoms with Gasteiger partial charge in [-0.1, -0.05) is 67.7 Å². The fourth-order valence-corrected chi connectivity index (χ4v) is 11.0. The molecule has 0 aromatic rings. The first-order valence-electron chi connectivity index (χ1n) is 7.49. The van der Waals surface area contributed by atoms with Gasteiger partial charge in [-0.25, -0.2) is 0 Å². The lowest BCUT2D eigenvalue weighted by atomic mass is 10.2. The summed E-state index contributed by atoms with van der Waals surface area (Å²) in [6.45, 7) is 16.2. The highest BCUT2D eigenvalue weighted by Crippen LogP contribution is 2.44. The predicted octanol–water partition coefficient (Wildman–Crippen LogP) is 5.15. The fraction of sp³-hybridized carbons (Fsp3) is 1.00. The van der Waals surface area contributed by atoms with Crippen LogP contribution in [-0.2, 0) is 0 Å². The standard InChI is InChI=1S/C15H34OSi/c1-8-9-10-11-15(16)17(12(2)3,13(4)5)14(6)7/h12-16H,8-11H2,1-7H3. The van der Waals surface area contributed by atoms with Gasteiger partial charge in [-0.3, -0.25) is 0 Å². The average Bonchev–Trinajstić information content (AvgIpc) is 2.16. The van der Waals surface area contributed by atoms with Crippen LogP contribution in [0.15, 0.2) is 0 Å². The largest absolute Gasteiger partial charge is 0.396 e. The van der Waals surface area contributed by atoms with Crippen molar-refractivity contribution in [3.63, 3.8) is 0 Å². The summed E-state index contributed by atoms with van der Waals surface area (Å²) in [4.78, 5) is 0. The van der Waals surface area contributed by atoms with E-state index in [0.29, 0.717) is 16.6 Å². The van der Waals surface area contributed by atoms with Gasteiger partial charge in [0.05, 0.1) is 8.07 Å². The number of aliphatic hydroxyl groups is 1. The summed E-state index contributed by atoms with van der Waals surface area (Å²) in [7, 11) is -1.63. The SMILES string of the molecule is CCCCCC(O)[Si](C(C)C)(C(C)C)C(C)C. The summed E-state index contributed by atoms with van der Waals surface area (Å²) in [6, 6.07) is 0. The number of aliphatic hydroxyl groups excluding tert-OH is 1. The van der Waals surface area contributed by atoms with Crippen molar-refractivity contribution in [3.8, 4) is 0 Å². The number of hydrogen-bond acceptors (Lipinski definition) is 1. The molecule has 0 rings (SSSR count). The zero-order chi connectivity index (χ0) is 13.6. The van der Waals surface area contributed by atoms with Gasteiger partial charge in [-0.2, -0.15) is 0 Å². The van der Waals surface area contributed by atoms with Gasteiger partial charge in [0.2, 0.25) is 0 Å². The molecule has 0 aromatic heterocycles. The summed E-state index contributed by atoms with van der Waals surface area (Å²) < 4.78 is 0. The van der Waals surface area contributed by atoms with E-state index in [2.05, 4.69) is 48.5 Å². The Morgan fingerprint density at radius 2 is 1.24 bits per heavy atom. The third-order valence-electron chi connectivity index (χ3n) is 4.66. The predicted molar refractivity (Wildman–Crippen MR) is 81.2 cm³/mol. The molecule has 0 aromatic carbocycles. The Hall–Kier alpha value is 0.177. The zero-order valence-corrected chi connectivity index (χ0v) is 14.1. The molecule has 0 aliphatic heterocycles. The lowest BCUT2D eigenvalue weighted by Gasteiger charge is -2.46. The molecule has 0 radical (unpaired) electrons. The lowest BCUT2D eigenvalue weighted by Crippen LogP contribution is -2.55. The molecule has 1 unspecified atom stereocenters. The molecule has 104 valence electrons. The van der Waals surface area contributed by atoms with Crippen LogP contribution in [0.5, 0.6) is 0 Å². The molecule has 0 amide bonds. The number of hydrogen-bond donors (Lipinski definition) is 1. The normalized spacial score (nSPS) is 15.0. The van der Waals surface area contributed by atoms with Crippen LogP contribution < -0.4 is 0 Å². The third kappa shape index (κ3) is 3.82. The van der Waals surface area contributed by atoms with E-state index in [1.54, 1.807) is 0 Å². The monoisotopic (exact) mass is 258 g/mol. The minimum absolute atomic E-state index is 0.0194. The van der Waals surface area contributed by atoms with Crippen LogP contribution in [0.3, 0.4) is 0 Å². The van der Waals surface area contributed by atoms with E-state index < -0.39 is 8.07 Å². The Balaban J connectivity index is 4.89. The Kier molecular flexibility index (Phi) is 7.66. The maximum atomic E-state index is 10.8. The molecule has 2 heteroatoms. The van der Waals surface area contributed by atoms with Crippen LogP contribution >= 0.6 is 0 Å². The average molecular weight is 259 g/mol. The van der Waals surface area contributed by atoms with Crippen molar-refractivity contribution in [2.45, 2.75) is 96.5 Å². The van der Waals surface area contributed by atoms with Crippen molar-refractivity contribution in [2.75, 3.05) is 0 Å². The second kappa shape index (κ2) is 7.58. The highest BCUT2D eigenvalue weighted by Gasteiger charge is 2.48. The molecule has 1 N–H and O–H groups in total. The highest BCUT2D eigenvalue weighted by atomic mass is 28.3. The quantitative estimate of drug-likeness (QED) is 0.472. The second-order valence-corrected chi connectivity index (χ2v) is 12.6. The van der Waals surface area contributed by atoms with Crippen LogP contribution in [0, 0.1) is 0 Å². The topological polar surface area (TPSA) is 20.2 Å². The third-order valence-corrected chi connectivity index (χ3v) is 12.1. The second-order valence-electron chi connectivity index (χ2n) is 6.48. The molecular weight excluding hydrogens is 224 g/mol. The van der Waals surface area contributed by atoms with Gasteiger partial charge in [-0.15, -0.1) is 0 Å². The summed E-state index contributed by atoms with van der Waals surface area (Å²) in [5.41, 5.74) is 1.98. The summed E-state index contributed by atoms with van der Waals surface area (Å²) >= 11 is 0. The molecular formula is C15H34OSi. The molecule has 0 aliphatic rings. The molecule has 0 saturated heterocycles. The maximum absolute atomic E-state index is 10.8. The fourth-order valence-electron chi connectivity index (χ4n) is 3.99. The molecule has 1 atom stereocenters. The molecule has 0 spiro atoms. The van der Waals surface area contributed by atoms with Crippen molar-refractivity contribution in [3.05, 3.63) is 0 Å². The van der Waals surface area contributed by atoms with Crippen LogP contribution in [0.2, 0.25) is 16.6 Å². The van der Waals surface area contributed by atoms with Crippen molar-refractivity contribution in [1.29, 1.82) is 0 Å². The molecule has 1 nitrogen and oxygen atoms in total. The van der Waals surface area contributed by atoms with Crippen molar-refractivity contribution in [1.82, 2.24) is 0 Å². The molecule has 0 saturated carbocycles. The minimum atomic E-state index is -1.63. The van der Waals surface area contributed by atoms with E-state index in [0.717, 1.165) is 6.42 Å². The van der Waals surface area contributed by atoms with E-state index in [4.69, 9.17) is 0 Å². The smallest absolute Gasteiger partial charge is 0.0948 e. The molecule has 0 fully saturated rings. The number of unbranched alkanes of at least 4 members (excludes halogenated alkanes) is 2. The van der Waals surface area contributed by atoms with E-state index in [-0.39, 0.29) is 5.73 Å². The van der Waals surface area contributed by atoms with E-state index >= 15 is 0 Å². The van der Waals surface area contributed by atoms with Gasteiger partial charge >= 0.3 is 0 Å². The van der Waals surface area contributed by atoms with Gasteiger partial charge in [0, 0.05) is 5.73 Å². The van der Waals surface area contributed by atoms with Crippen LogP contribution in [-0.4, -0.2) is 18.9 Å². The summed E-state index contributed by atoms with van der Waals surface area (Å²) in [5, 5.41) is 10.8. The van der Waals surface area contributed by atoms with Crippen LogP contribution in [0.25, 0.3) is 0 Å². The molecule has 0 aliphatic carbocycles. The summed E-state index contributed by atoms with van der Waals surface area (Å²) in [6.07, 6.45) is 4.72. The van der Waals surface area contributed by atoms with Gasteiger partial charge in [0.1, 0.15) is 0 Å². The van der Waals surface area contributed by atoms with E-state index in [1.807, 2.05) is 0 Å². The van der Waals surface area contributed by atoms with E-state index in [9.17, 15) is 5.11 Å². The Morgan fingerprint density at radius 1 is 0.824 bits per heavy atom. The first-order valence-corrected chi connectivity index (χ1v) is 9.80. The first-order chi connectivity index (χ1) is 7.81. The highest BCUT2D eigenvalue weighted by molar-refractivity contribution is 6.84. The van der Waals surface area contributed by atoms with Gasteiger partial charge in [0.15, 0.2) is 0 Å². The van der Waals surface area contributed by atoms with Crippen molar-refractivity contribution >= 4 is 8.07 Å². The maximum Gasteiger partial charge on any atom is 0.0948 e. The first kappa shape index (κ1) is 17.2. The van der Waals surface area contributed by atoms with Gasteiger partial charge < -0.3 is 5.11 Å². The van der Waals surface area contributed by atoms with Crippen LogP contribution in [0.1, 0.15) is 74.1 Å². The van der Waals surface area contributed by atoms with Gasteiger partial charge in [-0.05, 0) is 23.0 Å². The van der Waals surface area contributed by atoms with Crippen molar-refractivity contribution in [2.24, 2.45) is 0 Å². The minimum Gasteiger partial charge on any atom is -0.396 e.